The van der Waals surface area contributed by atoms with Gasteiger partial charge in [0.1, 0.15) is 6.61 Å². The topological polar surface area (TPSA) is 72.8 Å². The van der Waals surface area contributed by atoms with Crippen LogP contribution in [0.3, 0.4) is 0 Å². The quantitative estimate of drug-likeness (QED) is 0.238. The van der Waals surface area contributed by atoms with Gasteiger partial charge >= 0.3 is 11.9 Å². The number of aliphatic hydroxyl groups excluding tert-OH is 1. The van der Waals surface area contributed by atoms with Gasteiger partial charge in [-0.15, -0.1) is 0 Å². The average Bonchev–Trinajstić information content (AvgIpc) is 3.24. The molecule has 1 aliphatic rings. The monoisotopic (exact) mass is 552 g/mol. The summed E-state index contributed by atoms with van der Waals surface area (Å²) in [7, 11) is 0. The van der Waals surface area contributed by atoms with Crippen LogP contribution in [-0.2, 0) is 14.3 Å². The first kappa shape index (κ1) is 35.1. The van der Waals surface area contributed by atoms with Gasteiger partial charge in [-0.1, -0.05) is 101 Å². The molecule has 1 fully saturated rings. The number of ether oxygens (including phenoxy) is 2. The molecule has 0 unspecified atom stereocenters. The van der Waals surface area contributed by atoms with Gasteiger partial charge in [-0.3, -0.25) is 0 Å². The van der Waals surface area contributed by atoms with E-state index in [4.69, 9.17) is 9.47 Å². The molecule has 0 radical (unpaired) electrons. The summed E-state index contributed by atoms with van der Waals surface area (Å²) < 4.78 is 10.8. The Balaban J connectivity index is 0.000000675. The second-order valence-corrected chi connectivity index (χ2v) is 11.6. The largest absolute Gasteiger partial charge is 0.458 e. The van der Waals surface area contributed by atoms with Gasteiger partial charge in [0.05, 0.1) is 12.2 Å². The Morgan fingerprint density at radius 3 is 1.77 bits per heavy atom. The van der Waals surface area contributed by atoms with Gasteiger partial charge in [0.2, 0.25) is 0 Å². The van der Waals surface area contributed by atoms with Gasteiger partial charge in [-0.2, -0.15) is 0 Å². The summed E-state index contributed by atoms with van der Waals surface area (Å²) in [4.78, 5) is 24.7. The van der Waals surface area contributed by atoms with Gasteiger partial charge in [0.15, 0.2) is 5.60 Å². The summed E-state index contributed by atoms with van der Waals surface area (Å²) in [6, 6.07) is 15.5. The third-order valence-corrected chi connectivity index (χ3v) is 6.65. The lowest BCUT2D eigenvalue weighted by atomic mass is 9.86. The predicted molar refractivity (Wildman–Crippen MR) is 164 cm³/mol. The van der Waals surface area contributed by atoms with Crippen LogP contribution >= 0.6 is 0 Å². The highest BCUT2D eigenvalue weighted by Gasteiger charge is 2.44. The maximum atomic E-state index is 12.4. The molecule has 0 spiro atoms. The van der Waals surface area contributed by atoms with Crippen LogP contribution < -0.4 is 0 Å². The fraction of sp³-hybridized carbons (Fsp3) is 0.543. The Labute approximate surface area is 243 Å². The van der Waals surface area contributed by atoms with Crippen molar-refractivity contribution in [3.8, 4) is 0 Å². The van der Waals surface area contributed by atoms with Gasteiger partial charge in [0.25, 0.3) is 0 Å². The number of esters is 2. The summed E-state index contributed by atoms with van der Waals surface area (Å²) in [6.45, 7) is 18.4. The highest BCUT2D eigenvalue weighted by atomic mass is 16.6. The molecule has 5 heteroatoms. The van der Waals surface area contributed by atoms with Crippen molar-refractivity contribution in [3.05, 3.63) is 82.4 Å². The van der Waals surface area contributed by atoms with Crippen LogP contribution in [0, 0.1) is 38.5 Å². The fourth-order valence-corrected chi connectivity index (χ4v) is 4.63. The van der Waals surface area contributed by atoms with Crippen molar-refractivity contribution in [2.45, 2.75) is 93.6 Å². The highest BCUT2D eigenvalue weighted by molar-refractivity contribution is 5.92. The van der Waals surface area contributed by atoms with Crippen LogP contribution in [0.1, 0.15) is 94.3 Å². The number of carbonyl (C=O) groups is 2. The van der Waals surface area contributed by atoms with E-state index in [1.54, 1.807) is 12.1 Å². The maximum Gasteiger partial charge on any atom is 0.338 e. The van der Waals surface area contributed by atoms with E-state index >= 15 is 0 Å². The SMILES string of the molecule is CC.Cc1ccc(C(=O)OC[C@]2(CO)C/C(=C\CC(CC(C)C)CC(C)C)C(=O)O2)cc1.Cc1ccc(C)cc1. The summed E-state index contributed by atoms with van der Waals surface area (Å²) in [5.74, 6) is 0.781. The summed E-state index contributed by atoms with van der Waals surface area (Å²) in [5.41, 5.74) is 3.50. The Bertz CT molecular complexity index is 1020. The molecule has 0 saturated carbocycles. The van der Waals surface area contributed by atoms with Crippen LogP contribution in [0.2, 0.25) is 0 Å². The number of aryl methyl sites for hydroxylation is 3. The normalized spacial score (nSPS) is 17.3. The van der Waals surface area contributed by atoms with Crippen molar-refractivity contribution in [3.63, 3.8) is 0 Å². The molecule has 2 aromatic carbocycles. The molecule has 222 valence electrons. The first-order valence-corrected chi connectivity index (χ1v) is 14.7. The lowest BCUT2D eigenvalue weighted by Gasteiger charge is -2.24. The predicted octanol–water partition coefficient (Wildman–Crippen LogP) is 8.18. The lowest BCUT2D eigenvalue weighted by molar-refractivity contribution is -0.154. The first-order chi connectivity index (χ1) is 18.9. The van der Waals surface area contributed by atoms with Gasteiger partial charge < -0.3 is 14.6 Å². The summed E-state index contributed by atoms with van der Waals surface area (Å²) in [6.07, 6.45) is 5.23. The standard InChI is InChI=1S/C25H36O5.C8H10.C2H6/c1-17(2)12-20(13-18(3)4)8-11-22-14-25(15-26,30-24(22)28)16-29-23(27)21-9-6-19(5)7-10-21;1-7-3-5-8(2)6-4-7;1-2/h6-7,9-11,17-18,20,26H,8,12-16H2,1-5H3;3-6H,1-2H3;1-2H3/b22-11+;;/t25-;;/m1../s1. The second kappa shape index (κ2) is 17.7. The molecular formula is C35H52O5. The summed E-state index contributed by atoms with van der Waals surface area (Å²) in [5, 5.41) is 9.89. The number of hydrogen-bond acceptors (Lipinski definition) is 5. The fourth-order valence-electron chi connectivity index (χ4n) is 4.63. The smallest absolute Gasteiger partial charge is 0.338 e. The molecule has 1 saturated heterocycles. The number of cyclic esters (lactones) is 1. The minimum Gasteiger partial charge on any atom is -0.458 e. The van der Waals surface area contributed by atoms with Crippen molar-refractivity contribution in [1.29, 1.82) is 0 Å². The second-order valence-electron chi connectivity index (χ2n) is 11.6. The van der Waals surface area contributed by atoms with E-state index in [0.717, 1.165) is 24.8 Å². The molecule has 0 aromatic heterocycles. The minimum atomic E-state index is -1.20. The number of hydrogen-bond donors (Lipinski definition) is 1. The molecule has 5 nitrogen and oxygen atoms in total. The van der Waals surface area contributed by atoms with Gasteiger partial charge in [0, 0.05) is 12.0 Å². The van der Waals surface area contributed by atoms with Crippen LogP contribution in [0.4, 0.5) is 0 Å². The van der Waals surface area contributed by atoms with Crippen LogP contribution in [-0.4, -0.2) is 35.9 Å². The van der Waals surface area contributed by atoms with Crippen molar-refractivity contribution in [1.82, 2.24) is 0 Å². The average molecular weight is 553 g/mol. The number of carbonyl (C=O) groups excluding carboxylic acids is 2. The van der Waals surface area contributed by atoms with E-state index in [1.807, 2.05) is 39.0 Å². The molecule has 0 bridgehead atoms. The minimum absolute atomic E-state index is 0.166. The molecule has 1 aliphatic heterocycles. The molecule has 3 rings (SSSR count). The van der Waals surface area contributed by atoms with Gasteiger partial charge in [-0.05, 0) is 69.9 Å². The van der Waals surface area contributed by atoms with Crippen molar-refractivity contribution in [2.24, 2.45) is 17.8 Å². The summed E-state index contributed by atoms with van der Waals surface area (Å²) >= 11 is 0. The molecule has 40 heavy (non-hydrogen) atoms. The van der Waals surface area contributed by atoms with E-state index in [2.05, 4.69) is 65.8 Å². The number of aliphatic hydroxyl groups is 1. The van der Waals surface area contributed by atoms with Crippen LogP contribution in [0.25, 0.3) is 0 Å². The zero-order chi connectivity index (χ0) is 30.3. The molecule has 0 aliphatic carbocycles. The zero-order valence-electron chi connectivity index (χ0n) is 26.3. The van der Waals surface area contributed by atoms with E-state index in [1.165, 1.54) is 11.1 Å². The Morgan fingerprint density at radius 1 is 0.900 bits per heavy atom. The van der Waals surface area contributed by atoms with E-state index in [-0.39, 0.29) is 13.0 Å². The zero-order valence-corrected chi connectivity index (χ0v) is 26.3. The first-order valence-electron chi connectivity index (χ1n) is 14.7. The molecule has 2 aromatic rings. The Hall–Kier alpha value is -2.92. The third kappa shape index (κ3) is 12.5. The van der Waals surface area contributed by atoms with E-state index in [0.29, 0.717) is 28.9 Å². The molecule has 0 amide bonds. The van der Waals surface area contributed by atoms with Crippen LogP contribution in [0.15, 0.2) is 60.2 Å². The number of rotatable bonds is 10. The molecule has 1 atom stereocenters. The van der Waals surface area contributed by atoms with E-state index < -0.39 is 24.1 Å². The Morgan fingerprint density at radius 2 is 1.35 bits per heavy atom. The Kier molecular flexibility index (Phi) is 15.5. The molecule has 1 N–H and O–H groups in total. The lowest BCUT2D eigenvalue weighted by Crippen LogP contribution is -2.39. The van der Waals surface area contributed by atoms with Gasteiger partial charge in [-0.25, -0.2) is 9.59 Å². The van der Waals surface area contributed by atoms with E-state index in [9.17, 15) is 14.7 Å². The number of benzene rings is 2. The third-order valence-electron chi connectivity index (χ3n) is 6.65. The van der Waals surface area contributed by atoms with Crippen molar-refractivity contribution in [2.75, 3.05) is 13.2 Å². The maximum absolute atomic E-state index is 12.4. The molecular weight excluding hydrogens is 500 g/mol. The molecule has 1 heterocycles. The van der Waals surface area contributed by atoms with Crippen molar-refractivity contribution < 1.29 is 24.2 Å². The van der Waals surface area contributed by atoms with Crippen molar-refractivity contribution >= 4 is 11.9 Å². The highest BCUT2D eigenvalue weighted by Crippen LogP contribution is 2.33. The van der Waals surface area contributed by atoms with Crippen LogP contribution in [0.5, 0.6) is 0 Å². The number of allylic oxidation sites excluding steroid dienone is 1.